The molecule has 2 rings (SSSR count). The van der Waals surface area contributed by atoms with Gasteiger partial charge in [0, 0.05) is 18.0 Å². The average molecular weight is 358 g/mol. The number of rotatable bonds is 3. The predicted octanol–water partition coefficient (Wildman–Crippen LogP) is 1.08. The number of hydrogen-bond acceptors (Lipinski definition) is 7. The molecule has 0 spiro atoms. The lowest BCUT2D eigenvalue weighted by Crippen LogP contribution is -2.26. The van der Waals surface area contributed by atoms with Gasteiger partial charge in [0.25, 0.3) is 0 Å². The number of carbonyl (C=O) groups excluding carboxylic acids is 1. The molecule has 24 heavy (non-hydrogen) atoms. The maximum atomic E-state index is 12.0. The molecular weight excluding hydrogens is 336 g/mol. The van der Waals surface area contributed by atoms with Crippen molar-refractivity contribution in [2.75, 3.05) is 32.0 Å². The summed E-state index contributed by atoms with van der Waals surface area (Å²) < 4.78 is 5.10. The summed E-state index contributed by atoms with van der Waals surface area (Å²) in [6, 6.07) is 0. The number of esters is 1. The number of fused-ring (bicyclic) bond motifs is 1. The summed E-state index contributed by atoms with van der Waals surface area (Å²) in [5.41, 5.74) is 7.71. The molecule has 0 saturated heterocycles. The maximum Gasteiger partial charge on any atom is 0.414 e. The van der Waals surface area contributed by atoms with Gasteiger partial charge in [-0.1, -0.05) is 6.92 Å². The number of anilines is 1. The highest BCUT2D eigenvalue weighted by Crippen LogP contribution is 2.34. The van der Waals surface area contributed by atoms with Gasteiger partial charge in [0.1, 0.15) is 5.00 Å². The van der Waals surface area contributed by atoms with E-state index in [2.05, 4.69) is 11.8 Å². The van der Waals surface area contributed by atoms with Crippen LogP contribution in [0.15, 0.2) is 0 Å². The van der Waals surface area contributed by atoms with Crippen molar-refractivity contribution in [2.45, 2.75) is 26.7 Å². The second-order valence-electron chi connectivity index (χ2n) is 5.01. The van der Waals surface area contributed by atoms with E-state index in [4.69, 9.17) is 30.3 Å². The van der Waals surface area contributed by atoms with Gasteiger partial charge in [-0.25, -0.2) is 14.4 Å². The Bertz CT molecular complexity index is 601. The first-order valence-corrected chi connectivity index (χ1v) is 8.39. The first-order valence-electron chi connectivity index (χ1n) is 7.57. The number of aliphatic carboxylic acids is 2. The first-order chi connectivity index (χ1) is 11.3. The molecule has 1 aliphatic rings. The first kappa shape index (κ1) is 19.9. The molecule has 1 aliphatic heterocycles. The third-order valence-corrected chi connectivity index (χ3v) is 4.68. The monoisotopic (exact) mass is 358 g/mol. The molecule has 8 nitrogen and oxygen atoms in total. The Labute approximate surface area is 143 Å². The summed E-state index contributed by atoms with van der Waals surface area (Å²) in [4.78, 5) is 33.8. The van der Waals surface area contributed by atoms with Gasteiger partial charge in [0.2, 0.25) is 0 Å². The van der Waals surface area contributed by atoms with Crippen LogP contribution in [-0.2, 0) is 27.2 Å². The highest BCUT2D eigenvalue weighted by atomic mass is 32.1. The molecule has 134 valence electrons. The summed E-state index contributed by atoms with van der Waals surface area (Å²) in [6.07, 6.45) is 1.88. The molecule has 0 unspecified atom stereocenters. The number of carboxylic acids is 2. The minimum Gasteiger partial charge on any atom is -0.473 e. The van der Waals surface area contributed by atoms with Gasteiger partial charge in [-0.05, 0) is 31.9 Å². The zero-order valence-electron chi connectivity index (χ0n) is 13.7. The number of hydrogen-bond donors (Lipinski definition) is 3. The smallest absolute Gasteiger partial charge is 0.414 e. The Morgan fingerprint density at radius 2 is 1.75 bits per heavy atom. The minimum atomic E-state index is -1.82. The van der Waals surface area contributed by atoms with Crippen molar-refractivity contribution in [1.29, 1.82) is 0 Å². The zero-order valence-corrected chi connectivity index (χ0v) is 14.5. The lowest BCUT2D eigenvalue weighted by Gasteiger charge is -2.16. The van der Waals surface area contributed by atoms with Crippen molar-refractivity contribution < 1.29 is 29.3 Å². The largest absolute Gasteiger partial charge is 0.473 e. The van der Waals surface area contributed by atoms with E-state index in [9.17, 15) is 4.79 Å². The van der Waals surface area contributed by atoms with E-state index in [1.165, 1.54) is 4.88 Å². The van der Waals surface area contributed by atoms with E-state index in [1.807, 2.05) is 6.92 Å². The maximum absolute atomic E-state index is 12.0. The molecule has 0 radical (unpaired) electrons. The molecule has 0 aliphatic carbocycles. The van der Waals surface area contributed by atoms with Gasteiger partial charge in [0.05, 0.1) is 12.2 Å². The molecule has 9 heteroatoms. The van der Waals surface area contributed by atoms with Crippen molar-refractivity contribution >= 4 is 34.2 Å². The number of thiophene rings is 1. The molecule has 0 fully saturated rings. The van der Waals surface area contributed by atoms with Gasteiger partial charge in [-0.3, -0.25) is 0 Å². The molecule has 0 atom stereocenters. The minimum absolute atomic E-state index is 0.266. The van der Waals surface area contributed by atoms with Gasteiger partial charge in [-0.2, -0.15) is 0 Å². The zero-order chi connectivity index (χ0) is 18.3. The van der Waals surface area contributed by atoms with Crippen LogP contribution < -0.4 is 5.73 Å². The topological polar surface area (TPSA) is 130 Å². The quantitative estimate of drug-likeness (QED) is 0.540. The molecule has 0 bridgehead atoms. The van der Waals surface area contributed by atoms with Crippen molar-refractivity contribution in [1.82, 2.24) is 4.90 Å². The number of carboxylic acid groups (broad SMARTS) is 2. The van der Waals surface area contributed by atoms with Crippen LogP contribution in [0.3, 0.4) is 0 Å². The van der Waals surface area contributed by atoms with Gasteiger partial charge in [0.15, 0.2) is 0 Å². The second-order valence-corrected chi connectivity index (χ2v) is 6.14. The van der Waals surface area contributed by atoms with Gasteiger partial charge in [-0.15, -0.1) is 11.3 Å². The fourth-order valence-electron chi connectivity index (χ4n) is 2.38. The number of nitrogen functional groups attached to an aromatic ring is 1. The Balaban J connectivity index is 0.000000413. The number of carbonyl (C=O) groups is 3. The normalized spacial score (nSPS) is 13.9. The van der Waals surface area contributed by atoms with Crippen LogP contribution in [0.2, 0.25) is 0 Å². The number of likely N-dealkylation sites (N-methyl/N-ethyl adjacent to an activating group) is 1. The van der Waals surface area contributed by atoms with E-state index >= 15 is 0 Å². The lowest BCUT2D eigenvalue weighted by molar-refractivity contribution is -0.159. The van der Waals surface area contributed by atoms with E-state index in [0.717, 1.165) is 38.0 Å². The van der Waals surface area contributed by atoms with Crippen LogP contribution in [0, 0.1) is 0 Å². The molecule has 0 amide bonds. The van der Waals surface area contributed by atoms with Crippen molar-refractivity contribution in [3.05, 3.63) is 16.0 Å². The van der Waals surface area contributed by atoms with Gasteiger partial charge >= 0.3 is 17.9 Å². The summed E-state index contributed by atoms with van der Waals surface area (Å²) in [5, 5.41) is 15.4. The lowest BCUT2D eigenvalue weighted by atomic mass is 10.1. The van der Waals surface area contributed by atoms with Crippen LogP contribution in [0.5, 0.6) is 0 Å². The standard InChI is InChI=1S/C13H20N2O2S.C2H2O4/c1-3-15-7-5-9-10(6-8-15)18-12(14)11(9)13(16)17-4-2;3-1(4)2(5)6/h3-8,14H2,1-2H3;(H,3,4)(H,5,6). The SMILES string of the molecule is CCOC(=O)c1c(N)sc2c1CCN(CC)CC2.O=C(O)C(=O)O. The summed E-state index contributed by atoms with van der Waals surface area (Å²) >= 11 is 1.55. The van der Waals surface area contributed by atoms with Crippen LogP contribution in [0.1, 0.15) is 34.6 Å². The molecule has 2 heterocycles. The van der Waals surface area contributed by atoms with Crippen LogP contribution in [0.4, 0.5) is 5.00 Å². The third-order valence-electron chi connectivity index (χ3n) is 3.56. The Morgan fingerprint density at radius 1 is 1.17 bits per heavy atom. The van der Waals surface area contributed by atoms with Crippen molar-refractivity contribution in [3.8, 4) is 0 Å². The van der Waals surface area contributed by atoms with E-state index in [1.54, 1.807) is 11.3 Å². The molecule has 0 saturated carbocycles. The summed E-state index contributed by atoms with van der Waals surface area (Å²) in [7, 11) is 0. The van der Waals surface area contributed by atoms with E-state index < -0.39 is 11.9 Å². The second kappa shape index (κ2) is 9.24. The van der Waals surface area contributed by atoms with Crippen LogP contribution in [-0.4, -0.2) is 59.3 Å². The Kier molecular flexibility index (Phi) is 7.66. The molecule has 1 aromatic rings. The summed E-state index contributed by atoms with van der Waals surface area (Å²) in [5.74, 6) is -3.91. The van der Waals surface area contributed by atoms with Crippen molar-refractivity contribution in [3.63, 3.8) is 0 Å². The molecule has 1 aromatic heterocycles. The molecular formula is C15H22N2O6S. The van der Waals surface area contributed by atoms with E-state index in [-0.39, 0.29) is 5.97 Å². The molecule has 4 N–H and O–H groups in total. The summed E-state index contributed by atoms with van der Waals surface area (Å²) in [6.45, 7) is 7.47. The average Bonchev–Trinajstić information content (AvgIpc) is 2.70. The highest BCUT2D eigenvalue weighted by molar-refractivity contribution is 7.16. The number of ether oxygens (including phenoxy) is 1. The highest BCUT2D eigenvalue weighted by Gasteiger charge is 2.25. The Hall–Kier alpha value is -2.13. The fraction of sp³-hybridized carbons (Fsp3) is 0.533. The third kappa shape index (κ3) is 5.20. The fourth-order valence-corrected chi connectivity index (χ4v) is 3.48. The molecule has 0 aromatic carbocycles. The predicted molar refractivity (Wildman–Crippen MR) is 89.5 cm³/mol. The number of nitrogens with zero attached hydrogens (tertiary/aromatic N) is 1. The van der Waals surface area contributed by atoms with Crippen LogP contribution >= 0.6 is 11.3 Å². The Morgan fingerprint density at radius 3 is 2.25 bits per heavy atom. The van der Waals surface area contributed by atoms with Gasteiger partial charge < -0.3 is 25.6 Å². The van der Waals surface area contributed by atoms with E-state index in [0.29, 0.717) is 17.2 Å². The van der Waals surface area contributed by atoms with Crippen LogP contribution in [0.25, 0.3) is 0 Å². The van der Waals surface area contributed by atoms with Crippen molar-refractivity contribution in [2.24, 2.45) is 0 Å². The number of nitrogens with two attached hydrogens (primary N) is 1.